The molecule has 0 bridgehead atoms. The number of rotatable bonds is 5. The van der Waals surface area contributed by atoms with Crippen LogP contribution in [0, 0.1) is 0 Å². The third-order valence-corrected chi connectivity index (χ3v) is 1.61. The van der Waals surface area contributed by atoms with Gasteiger partial charge in [-0.3, -0.25) is 0 Å². The molecule has 0 fully saturated rings. The van der Waals surface area contributed by atoms with E-state index < -0.39 is 12.8 Å². The number of hydrogen-bond donors (Lipinski definition) is 1. The van der Waals surface area contributed by atoms with Crippen molar-refractivity contribution in [1.82, 2.24) is 10.2 Å². The van der Waals surface area contributed by atoms with Crippen molar-refractivity contribution in [2.24, 2.45) is 0 Å². The van der Waals surface area contributed by atoms with E-state index in [0.29, 0.717) is 6.54 Å². The van der Waals surface area contributed by atoms with E-state index in [0.717, 1.165) is 0 Å². The number of halogens is 3. The molecule has 0 aromatic carbocycles. The average molecular weight is 228 g/mol. The van der Waals surface area contributed by atoms with Crippen molar-refractivity contribution in [3.63, 3.8) is 0 Å². The number of ether oxygens (including phenoxy) is 1. The van der Waals surface area contributed by atoms with Crippen molar-refractivity contribution in [2.75, 3.05) is 33.4 Å². The first-order valence-corrected chi connectivity index (χ1v) is 4.50. The molecule has 15 heavy (non-hydrogen) atoms. The van der Waals surface area contributed by atoms with E-state index in [4.69, 9.17) is 0 Å². The highest BCUT2D eigenvalue weighted by Crippen LogP contribution is 2.13. The second-order valence-electron chi connectivity index (χ2n) is 2.91. The summed E-state index contributed by atoms with van der Waals surface area (Å²) in [5.41, 5.74) is 0. The van der Waals surface area contributed by atoms with E-state index in [-0.39, 0.29) is 19.2 Å². The molecule has 0 aromatic rings. The summed E-state index contributed by atoms with van der Waals surface area (Å²) >= 11 is 0. The summed E-state index contributed by atoms with van der Waals surface area (Å²) in [7, 11) is 1.59. The van der Waals surface area contributed by atoms with E-state index in [1.165, 1.54) is 4.90 Å². The minimum Gasteiger partial charge on any atom is -0.370 e. The number of carbonyl (C=O) groups is 1. The molecule has 0 rings (SSSR count). The Balaban J connectivity index is 3.43. The minimum absolute atomic E-state index is 0.0687. The molecule has 0 unspecified atom stereocenters. The molecule has 0 spiro atoms. The maximum absolute atomic E-state index is 11.6. The molecule has 90 valence electrons. The molecule has 0 saturated heterocycles. The molecule has 0 saturated carbocycles. The number of urea groups is 1. The lowest BCUT2D eigenvalue weighted by Gasteiger charge is -2.15. The van der Waals surface area contributed by atoms with Crippen LogP contribution in [0.25, 0.3) is 0 Å². The van der Waals surface area contributed by atoms with Gasteiger partial charge < -0.3 is 15.0 Å². The fraction of sp³-hybridized carbons (Fsp3) is 0.875. The predicted octanol–water partition coefficient (Wildman–Crippen LogP) is 1.23. The zero-order valence-electron chi connectivity index (χ0n) is 8.73. The quantitative estimate of drug-likeness (QED) is 0.719. The molecule has 1 N–H and O–H groups in total. The van der Waals surface area contributed by atoms with Crippen molar-refractivity contribution in [2.45, 2.75) is 13.1 Å². The van der Waals surface area contributed by atoms with Crippen LogP contribution in [0.4, 0.5) is 18.0 Å². The second-order valence-corrected chi connectivity index (χ2v) is 2.91. The van der Waals surface area contributed by atoms with Crippen LogP contribution in [0.1, 0.15) is 6.92 Å². The Morgan fingerprint density at radius 3 is 2.53 bits per heavy atom. The molecule has 7 heteroatoms. The first-order chi connectivity index (χ1) is 6.87. The normalized spacial score (nSPS) is 11.3. The van der Waals surface area contributed by atoms with Gasteiger partial charge in [-0.05, 0) is 6.92 Å². The van der Waals surface area contributed by atoms with E-state index in [1.54, 1.807) is 14.0 Å². The average Bonchev–Trinajstić information content (AvgIpc) is 2.14. The smallest absolute Gasteiger partial charge is 0.370 e. The number of nitrogens with one attached hydrogen (secondary N) is 1. The predicted molar refractivity (Wildman–Crippen MR) is 48.6 cm³/mol. The summed E-state index contributed by atoms with van der Waals surface area (Å²) in [4.78, 5) is 12.5. The number of amides is 2. The summed E-state index contributed by atoms with van der Waals surface area (Å²) in [5.74, 6) is 0. The van der Waals surface area contributed by atoms with E-state index in [2.05, 4.69) is 10.1 Å². The summed E-state index contributed by atoms with van der Waals surface area (Å²) < 4.78 is 39.1. The highest BCUT2D eigenvalue weighted by molar-refractivity contribution is 5.73. The zero-order chi connectivity index (χ0) is 11.9. The Morgan fingerprint density at radius 1 is 1.47 bits per heavy atom. The molecule has 4 nitrogen and oxygen atoms in total. The van der Waals surface area contributed by atoms with Crippen molar-refractivity contribution in [3.05, 3.63) is 0 Å². The van der Waals surface area contributed by atoms with E-state index in [9.17, 15) is 18.0 Å². The van der Waals surface area contributed by atoms with Crippen LogP contribution in [0.2, 0.25) is 0 Å². The lowest BCUT2D eigenvalue weighted by Crippen LogP contribution is -2.38. The van der Waals surface area contributed by atoms with Gasteiger partial charge in [0, 0.05) is 20.1 Å². The van der Waals surface area contributed by atoms with E-state index >= 15 is 0 Å². The van der Waals surface area contributed by atoms with Crippen LogP contribution >= 0.6 is 0 Å². The molecule has 0 radical (unpaired) electrons. The van der Waals surface area contributed by atoms with Gasteiger partial charge in [0.05, 0.1) is 6.61 Å². The van der Waals surface area contributed by atoms with Crippen molar-refractivity contribution >= 4 is 6.03 Å². The first kappa shape index (κ1) is 14.0. The lowest BCUT2D eigenvalue weighted by molar-refractivity contribution is -0.173. The Hall–Kier alpha value is -0.980. The topological polar surface area (TPSA) is 41.6 Å². The van der Waals surface area contributed by atoms with Crippen LogP contribution in [-0.4, -0.2) is 50.5 Å². The molecular formula is C8H15F3N2O2. The van der Waals surface area contributed by atoms with Crippen molar-refractivity contribution < 1.29 is 22.7 Å². The second kappa shape index (κ2) is 6.49. The maximum Gasteiger partial charge on any atom is 0.411 e. The fourth-order valence-corrected chi connectivity index (χ4v) is 0.697. The molecule has 0 aliphatic carbocycles. The van der Waals surface area contributed by atoms with E-state index in [1.807, 2.05) is 0 Å². The van der Waals surface area contributed by atoms with Gasteiger partial charge in [0.2, 0.25) is 0 Å². The molecule has 2 amide bonds. The summed E-state index contributed by atoms with van der Waals surface area (Å²) in [6, 6.07) is -0.326. The van der Waals surface area contributed by atoms with Gasteiger partial charge in [-0.25, -0.2) is 4.79 Å². The monoisotopic (exact) mass is 228 g/mol. The van der Waals surface area contributed by atoms with Gasteiger partial charge in [0.25, 0.3) is 0 Å². The Labute approximate surface area is 86.4 Å². The zero-order valence-corrected chi connectivity index (χ0v) is 8.73. The third kappa shape index (κ3) is 8.04. The SMILES string of the molecule is CCN(C)C(=O)NCCOCC(F)(F)F. The number of carbonyl (C=O) groups excluding carboxylic acids is 1. The highest BCUT2D eigenvalue weighted by Gasteiger charge is 2.27. The summed E-state index contributed by atoms with van der Waals surface area (Å²) in [5, 5.41) is 2.41. The van der Waals surface area contributed by atoms with Gasteiger partial charge in [-0.15, -0.1) is 0 Å². The number of alkyl halides is 3. The summed E-state index contributed by atoms with van der Waals surface area (Å²) in [6.07, 6.45) is -4.32. The van der Waals surface area contributed by atoms with Gasteiger partial charge in [-0.2, -0.15) is 13.2 Å². The minimum atomic E-state index is -4.32. The lowest BCUT2D eigenvalue weighted by atomic mass is 10.6. The fourth-order valence-electron chi connectivity index (χ4n) is 0.697. The molecule has 0 atom stereocenters. The van der Waals surface area contributed by atoms with Crippen molar-refractivity contribution in [1.29, 1.82) is 0 Å². The van der Waals surface area contributed by atoms with Crippen LogP contribution < -0.4 is 5.32 Å². The first-order valence-electron chi connectivity index (χ1n) is 4.50. The largest absolute Gasteiger partial charge is 0.411 e. The van der Waals surface area contributed by atoms with Gasteiger partial charge in [-0.1, -0.05) is 0 Å². The molecular weight excluding hydrogens is 213 g/mol. The van der Waals surface area contributed by atoms with Gasteiger partial charge in [0.15, 0.2) is 0 Å². The van der Waals surface area contributed by atoms with Crippen LogP contribution in [-0.2, 0) is 4.74 Å². The Kier molecular flexibility index (Phi) is 6.07. The standard InChI is InChI=1S/C8H15F3N2O2/c1-3-13(2)7(14)12-4-5-15-6-8(9,10)11/h3-6H2,1-2H3,(H,12,14). The van der Waals surface area contributed by atoms with Crippen molar-refractivity contribution in [3.8, 4) is 0 Å². The third-order valence-electron chi connectivity index (χ3n) is 1.61. The Morgan fingerprint density at radius 2 is 2.07 bits per heavy atom. The summed E-state index contributed by atoms with van der Waals surface area (Å²) in [6.45, 7) is 0.962. The van der Waals surface area contributed by atoms with Crippen LogP contribution in [0.5, 0.6) is 0 Å². The Bertz CT molecular complexity index is 197. The number of hydrogen-bond acceptors (Lipinski definition) is 2. The van der Waals surface area contributed by atoms with Gasteiger partial charge in [0.1, 0.15) is 6.61 Å². The van der Waals surface area contributed by atoms with Crippen LogP contribution in [0.3, 0.4) is 0 Å². The maximum atomic E-state index is 11.6. The molecule has 0 aromatic heterocycles. The molecule has 0 heterocycles. The highest BCUT2D eigenvalue weighted by atomic mass is 19.4. The molecule has 0 aliphatic rings. The van der Waals surface area contributed by atoms with Gasteiger partial charge >= 0.3 is 12.2 Å². The van der Waals surface area contributed by atoms with Crippen LogP contribution in [0.15, 0.2) is 0 Å². The molecule has 0 aliphatic heterocycles. The number of nitrogens with zero attached hydrogens (tertiary/aromatic N) is 1.